The van der Waals surface area contributed by atoms with E-state index < -0.39 is 32.3 Å². The highest BCUT2D eigenvalue weighted by molar-refractivity contribution is 9.12. The number of rotatable bonds is 1. The van der Waals surface area contributed by atoms with Crippen molar-refractivity contribution in [3.05, 3.63) is 20.6 Å². The van der Waals surface area contributed by atoms with Crippen LogP contribution < -0.4 is 5.73 Å². The topological polar surface area (TPSA) is 43.1 Å². The molecule has 0 bridgehead atoms. The molecule has 0 saturated heterocycles. The first-order valence-electron chi connectivity index (χ1n) is 3.45. The van der Waals surface area contributed by atoms with Crippen molar-refractivity contribution in [2.75, 3.05) is 0 Å². The highest BCUT2D eigenvalue weighted by atomic mass is 79.9. The zero-order valence-corrected chi connectivity index (χ0v) is 10.0. The number of hydrogen-bond acceptors (Lipinski definition) is 1. The third-order valence-electron chi connectivity index (χ3n) is 1.68. The second-order valence-electron chi connectivity index (χ2n) is 2.74. The minimum absolute atomic E-state index is 0.0438. The molecule has 1 aliphatic carbocycles. The third-order valence-corrected chi connectivity index (χ3v) is 3.30. The first kappa shape index (κ1) is 12.7. The van der Waals surface area contributed by atoms with Crippen molar-refractivity contribution in [3.8, 4) is 0 Å². The lowest BCUT2D eigenvalue weighted by Crippen LogP contribution is -2.37. The normalized spacial score (nSPS) is 23.7. The van der Waals surface area contributed by atoms with Gasteiger partial charge in [-0.25, -0.2) is 0 Å². The van der Waals surface area contributed by atoms with Gasteiger partial charge in [-0.05, 0) is 31.9 Å². The van der Waals surface area contributed by atoms with Gasteiger partial charge in [0.1, 0.15) is 5.57 Å². The number of halogens is 6. The average molecular weight is 353 g/mol. The minimum atomic E-state index is -3.81. The Balaban J connectivity index is 3.46. The number of nitrogens with two attached hydrogens (primary N) is 1. The molecule has 0 saturated carbocycles. The Morgan fingerprint density at radius 3 is 2.13 bits per heavy atom. The van der Waals surface area contributed by atoms with Gasteiger partial charge in [0.2, 0.25) is 0 Å². The summed E-state index contributed by atoms with van der Waals surface area (Å²) >= 11 is 4.59. The van der Waals surface area contributed by atoms with E-state index in [0.717, 1.165) is 0 Å². The largest absolute Gasteiger partial charge is 0.366 e. The Labute approximate surface area is 98.4 Å². The van der Waals surface area contributed by atoms with Crippen molar-refractivity contribution in [1.82, 2.24) is 0 Å². The van der Waals surface area contributed by atoms with Crippen LogP contribution in [0, 0.1) is 0 Å². The molecule has 0 aromatic heterocycles. The van der Waals surface area contributed by atoms with Gasteiger partial charge in [-0.2, -0.15) is 17.6 Å². The molecule has 0 fully saturated rings. The molecule has 0 spiro atoms. The van der Waals surface area contributed by atoms with Crippen molar-refractivity contribution in [1.29, 1.82) is 0 Å². The number of alkyl halides is 4. The Kier molecular flexibility index (Phi) is 3.03. The van der Waals surface area contributed by atoms with E-state index in [1.54, 1.807) is 0 Å². The van der Waals surface area contributed by atoms with E-state index in [1.807, 2.05) is 0 Å². The monoisotopic (exact) mass is 351 g/mol. The smallest absolute Gasteiger partial charge is 0.311 e. The summed E-state index contributed by atoms with van der Waals surface area (Å²) in [4.78, 5) is 10.7. The summed E-state index contributed by atoms with van der Waals surface area (Å²) in [7, 11) is 0. The van der Waals surface area contributed by atoms with Crippen LogP contribution in [-0.2, 0) is 4.79 Å². The molecular weight excluding hydrogens is 350 g/mol. The molecule has 1 amide bonds. The van der Waals surface area contributed by atoms with E-state index in [9.17, 15) is 22.4 Å². The lowest BCUT2D eigenvalue weighted by molar-refractivity contribution is -0.117. The quantitative estimate of drug-likeness (QED) is 0.724. The molecule has 15 heavy (non-hydrogen) atoms. The molecule has 0 aromatic carbocycles. The number of hydrogen-bond donors (Lipinski definition) is 1. The first-order valence-corrected chi connectivity index (χ1v) is 5.04. The molecule has 1 aliphatic rings. The molecule has 0 unspecified atom stereocenters. The Morgan fingerprint density at radius 2 is 1.73 bits per heavy atom. The van der Waals surface area contributed by atoms with E-state index in [-0.39, 0.29) is 6.08 Å². The molecule has 0 atom stereocenters. The summed E-state index contributed by atoms with van der Waals surface area (Å²) in [6, 6.07) is 0. The van der Waals surface area contributed by atoms with Crippen LogP contribution in [0.4, 0.5) is 17.6 Å². The van der Waals surface area contributed by atoms with Gasteiger partial charge in [0.15, 0.2) is 0 Å². The van der Waals surface area contributed by atoms with Crippen molar-refractivity contribution in [3.63, 3.8) is 0 Å². The summed E-state index contributed by atoms with van der Waals surface area (Å²) < 4.78 is 50.4. The van der Waals surface area contributed by atoms with Crippen LogP contribution in [0.1, 0.15) is 0 Å². The maximum Gasteiger partial charge on any atom is 0.311 e. The van der Waals surface area contributed by atoms with Crippen LogP contribution in [0.25, 0.3) is 0 Å². The average Bonchev–Trinajstić information content (AvgIpc) is 1.99. The van der Waals surface area contributed by atoms with Crippen LogP contribution >= 0.6 is 31.9 Å². The van der Waals surface area contributed by atoms with Crippen LogP contribution in [0.3, 0.4) is 0 Å². The predicted molar refractivity (Wildman–Crippen MR) is 52.1 cm³/mol. The van der Waals surface area contributed by atoms with Gasteiger partial charge < -0.3 is 5.73 Å². The van der Waals surface area contributed by atoms with Gasteiger partial charge in [-0.15, -0.1) is 0 Å². The van der Waals surface area contributed by atoms with Crippen molar-refractivity contribution >= 4 is 37.8 Å². The molecule has 2 nitrogen and oxygen atoms in total. The molecule has 0 aliphatic heterocycles. The molecule has 0 aromatic rings. The third kappa shape index (κ3) is 1.96. The Hall–Kier alpha value is -0.370. The molecular formula is C7H3Br2F4NO. The van der Waals surface area contributed by atoms with Gasteiger partial charge in [0, 0.05) is 6.08 Å². The molecule has 84 valence electrons. The minimum Gasteiger partial charge on any atom is -0.366 e. The van der Waals surface area contributed by atoms with E-state index in [2.05, 4.69) is 37.6 Å². The van der Waals surface area contributed by atoms with E-state index in [1.165, 1.54) is 0 Å². The van der Waals surface area contributed by atoms with E-state index >= 15 is 0 Å². The Bertz CT molecular complexity index is 388. The fraction of sp³-hybridized carbons (Fsp3) is 0.286. The van der Waals surface area contributed by atoms with Crippen molar-refractivity contribution in [2.45, 2.75) is 11.8 Å². The summed E-state index contributed by atoms with van der Waals surface area (Å²) in [6.45, 7) is 0. The van der Waals surface area contributed by atoms with Crippen LogP contribution in [-0.4, -0.2) is 17.8 Å². The van der Waals surface area contributed by atoms with E-state index in [0.29, 0.717) is 0 Å². The Morgan fingerprint density at radius 1 is 1.27 bits per heavy atom. The predicted octanol–water partition coefficient (Wildman–Crippen LogP) is 2.68. The van der Waals surface area contributed by atoms with Gasteiger partial charge in [-0.3, -0.25) is 4.79 Å². The number of amides is 1. The lowest BCUT2D eigenvalue weighted by atomic mass is 9.99. The fourth-order valence-electron chi connectivity index (χ4n) is 1.00. The summed E-state index contributed by atoms with van der Waals surface area (Å²) in [5.74, 6) is -9.11. The van der Waals surface area contributed by atoms with Gasteiger partial charge in [0.05, 0.1) is 8.96 Å². The molecule has 2 N–H and O–H groups in total. The number of primary amides is 1. The maximum atomic E-state index is 13.2. The van der Waals surface area contributed by atoms with Crippen LogP contribution in [0.2, 0.25) is 0 Å². The van der Waals surface area contributed by atoms with E-state index in [4.69, 9.17) is 0 Å². The number of allylic oxidation sites excluding steroid dienone is 3. The summed E-state index contributed by atoms with van der Waals surface area (Å²) in [5, 5.41) is 0. The molecule has 1 rings (SSSR count). The van der Waals surface area contributed by atoms with Crippen LogP contribution in [0.5, 0.6) is 0 Å². The highest BCUT2D eigenvalue weighted by Crippen LogP contribution is 2.49. The zero-order chi connectivity index (χ0) is 12.0. The van der Waals surface area contributed by atoms with Crippen molar-refractivity contribution < 1.29 is 22.4 Å². The number of carbonyl (C=O) groups is 1. The highest BCUT2D eigenvalue weighted by Gasteiger charge is 2.52. The van der Waals surface area contributed by atoms with Gasteiger partial charge in [0.25, 0.3) is 11.8 Å². The molecule has 8 heteroatoms. The first-order chi connectivity index (χ1) is 6.60. The SMILES string of the molecule is NC(=O)C1=C(Br)C(F)(F)C(Br)=CC1(F)F. The second kappa shape index (κ2) is 3.58. The summed E-state index contributed by atoms with van der Waals surface area (Å²) in [6.07, 6.45) is -0.0438. The summed E-state index contributed by atoms with van der Waals surface area (Å²) in [5.41, 5.74) is 3.18. The standard InChI is InChI=1S/C7H3Br2F4NO/c8-2-1-6(10,11)3(5(14)15)4(9)7(2,12)13/h1H,(H2,14,15). The van der Waals surface area contributed by atoms with Crippen molar-refractivity contribution in [2.24, 2.45) is 5.73 Å². The molecule has 0 radical (unpaired) electrons. The van der Waals surface area contributed by atoms with Gasteiger partial charge >= 0.3 is 5.92 Å². The van der Waals surface area contributed by atoms with Crippen LogP contribution in [0.15, 0.2) is 20.6 Å². The molecule has 0 heterocycles. The zero-order valence-electron chi connectivity index (χ0n) is 6.83. The van der Waals surface area contributed by atoms with Gasteiger partial charge in [-0.1, -0.05) is 0 Å². The fourth-order valence-corrected chi connectivity index (χ4v) is 2.43. The second-order valence-corrected chi connectivity index (χ2v) is 4.39. The lowest BCUT2D eigenvalue weighted by Gasteiger charge is -2.27. The maximum absolute atomic E-state index is 13.2. The number of carbonyl (C=O) groups excluding carboxylic acids is 1.